The first-order chi connectivity index (χ1) is 25.0. The van der Waals surface area contributed by atoms with Gasteiger partial charge < -0.3 is 62.4 Å². The summed E-state index contributed by atoms with van der Waals surface area (Å²) >= 11 is 0.898. The Kier molecular flexibility index (Phi) is 16.2. The number of nitrogens with zero attached hydrogens (tertiary/aromatic N) is 4. The molecule has 3 rings (SSSR count). The van der Waals surface area contributed by atoms with Crippen LogP contribution in [0.15, 0.2) is 12.7 Å². The molecule has 8 atom stereocenters. The molecule has 1 aliphatic heterocycles. The molecule has 0 aromatic carbocycles. The van der Waals surface area contributed by atoms with Crippen molar-refractivity contribution in [2.45, 2.75) is 57.0 Å². The third-order valence-corrected chi connectivity index (χ3v) is 11.4. The molecule has 1 fully saturated rings. The van der Waals surface area contributed by atoms with Crippen LogP contribution in [0, 0.1) is 5.41 Å². The number of phosphoric ester groups is 3. The Morgan fingerprint density at radius 2 is 1.74 bits per heavy atom. The minimum Gasteiger partial charge on any atom is -0.386 e. The van der Waals surface area contributed by atoms with Crippen molar-refractivity contribution in [3.63, 3.8) is 0 Å². The zero-order chi connectivity index (χ0) is 40.6. The molecule has 30 heteroatoms. The lowest BCUT2D eigenvalue weighted by Gasteiger charge is -2.30. The van der Waals surface area contributed by atoms with E-state index in [0.717, 1.165) is 29.0 Å². The number of nitrogens with one attached hydrogen (secondary N) is 2. The summed E-state index contributed by atoms with van der Waals surface area (Å²) in [6, 6.07) is -0.817. The van der Waals surface area contributed by atoms with Gasteiger partial charge in [-0.2, -0.15) is 4.31 Å². The number of imidazole rings is 1. The van der Waals surface area contributed by atoms with Gasteiger partial charge in [0, 0.05) is 37.2 Å². The number of phosphoric acid groups is 3. The summed E-state index contributed by atoms with van der Waals surface area (Å²) in [4.78, 5) is 86.9. The molecule has 3 heterocycles. The molecule has 2 aromatic heterocycles. The van der Waals surface area contributed by atoms with Crippen LogP contribution >= 0.6 is 35.2 Å². The van der Waals surface area contributed by atoms with E-state index in [1.807, 2.05) is 0 Å². The summed E-state index contributed by atoms with van der Waals surface area (Å²) in [7, 11) is -16.4. The summed E-state index contributed by atoms with van der Waals surface area (Å²) in [5.41, 5.74) is 15.0. The zero-order valence-electron chi connectivity index (χ0n) is 28.5. The monoisotopic (exact) mass is 853 g/mol. The smallest absolute Gasteiger partial charge is 0.386 e. The first-order valence-corrected chi connectivity index (χ1v) is 21.0. The molecule has 0 saturated carbocycles. The number of aliphatic hydroxyl groups excluding tert-OH is 2. The highest BCUT2D eigenvalue weighted by molar-refractivity contribution is 8.13. The van der Waals surface area contributed by atoms with Crippen molar-refractivity contribution in [1.82, 2.24) is 30.2 Å². The van der Waals surface area contributed by atoms with Crippen molar-refractivity contribution in [1.29, 1.82) is 0 Å². The average molecular weight is 854 g/mol. The fourth-order valence-corrected chi connectivity index (χ4v) is 8.03. The number of hydrogen-bond acceptors (Lipinski definition) is 20. The quantitative estimate of drug-likeness (QED) is 0.0439. The van der Waals surface area contributed by atoms with Gasteiger partial charge in [-0.05, 0) is 0 Å². The van der Waals surface area contributed by atoms with Crippen LogP contribution in [0.5, 0.6) is 0 Å². The van der Waals surface area contributed by atoms with Crippen LogP contribution in [0.3, 0.4) is 0 Å². The molecule has 2 aromatic rings. The van der Waals surface area contributed by atoms with Crippen LogP contribution in [0.4, 0.5) is 5.82 Å². The van der Waals surface area contributed by atoms with Gasteiger partial charge in [0.15, 0.2) is 17.7 Å². The predicted molar refractivity (Wildman–Crippen MR) is 184 cm³/mol. The van der Waals surface area contributed by atoms with Gasteiger partial charge in [0.25, 0.3) is 0 Å². The normalized spacial score (nSPS) is 22.6. The van der Waals surface area contributed by atoms with Gasteiger partial charge in [0.1, 0.15) is 36.3 Å². The molecule has 8 unspecified atom stereocenters. The predicted octanol–water partition coefficient (Wildman–Crippen LogP) is -3.05. The lowest BCUT2D eigenvalue weighted by atomic mass is 9.87. The fraction of sp³-hybridized carbons (Fsp3) is 0.667. The van der Waals surface area contributed by atoms with Gasteiger partial charge in [0.05, 0.1) is 25.6 Å². The van der Waals surface area contributed by atoms with Crippen molar-refractivity contribution in [2.24, 2.45) is 16.9 Å². The van der Waals surface area contributed by atoms with E-state index in [2.05, 4.69) is 34.4 Å². The summed E-state index contributed by atoms with van der Waals surface area (Å²) < 4.78 is 61.9. The maximum Gasteiger partial charge on any atom is 0.481 e. The maximum absolute atomic E-state index is 12.6. The number of anilines is 1. The molecule has 0 spiro atoms. The average Bonchev–Trinajstić information content (AvgIpc) is 3.64. The highest BCUT2D eigenvalue weighted by Gasteiger charge is 2.50. The Morgan fingerprint density at radius 1 is 1.07 bits per heavy atom. The van der Waals surface area contributed by atoms with E-state index < -0.39 is 90.6 Å². The third kappa shape index (κ3) is 13.3. The van der Waals surface area contributed by atoms with Crippen molar-refractivity contribution in [3.05, 3.63) is 12.7 Å². The number of nitrogens with two attached hydrogens (primary N) is 3. The SMILES string of the molecule is CC(C)(COP(=O)(O)OP(=O)(O)OCC1OC(n2cnc3c(N)ncnc32)C(O)C1OP(=O)(O)O)C(O)C(=O)NCCC(=O)NCCSC(=O)C(N)CN. The van der Waals surface area contributed by atoms with Crippen LogP contribution < -0.4 is 27.8 Å². The van der Waals surface area contributed by atoms with Crippen molar-refractivity contribution in [3.8, 4) is 0 Å². The molecule has 0 radical (unpaired) electrons. The molecular weight excluding hydrogens is 811 g/mol. The standard InChI is InChI=1S/C24H42N9O17P3S/c1-24(2,18(36)21(37)29-4-3-14(34)28-5-6-54-23(38)12(26)7-25)9-47-53(44,45)50-52(42,43)46-8-13-17(49-51(39,40)41)16(35)22(48-13)33-11-32-15-19(27)30-10-31-20(15)33/h10-13,16-18,22,35-36H,3-9,25-26H2,1-2H3,(H,28,34)(H,29,37)(H,42,43)(H,44,45)(H2,27,30,31)(H2,39,40,41). The molecule has 54 heavy (non-hydrogen) atoms. The number of carbonyl (C=O) groups is 3. The number of rotatable bonds is 21. The summed E-state index contributed by atoms with van der Waals surface area (Å²) in [5, 5.41) is 25.9. The van der Waals surface area contributed by atoms with Gasteiger partial charge in [0.2, 0.25) is 16.9 Å². The maximum atomic E-state index is 12.6. The van der Waals surface area contributed by atoms with Gasteiger partial charge in [-0.3, -0.25) is 32.5 Å². The van der Waals surface area contributed by atoms with E-state index >= 15 is 0 Å². The summed E-state index contributed by atoms with van der Waals surface area (Å²) in [6.07, 6.45) is -6.99. The fourth-order valence-electron chi connectivity index (χ4n) is 4.49. The van der Waals surface area contributed by atoms with E-state index in [-0.39, 0.29) is 53.9 Å². The summed E-state index contributed by atoms with van der Waals surface area (Å²) in [6.45, 7) is 0.320. The third-order valence-electron chi connectivity index (χ3n) is 7.30. The molecule has 1 saturated heterocycles. The number of hydrogen-bond donors (Lipinski definition) is 11. The Hall–Kier alpha value is -2.52. The zero-order valence-corrected chi connectivity index (χ0v) is 32.0. The van der Waals surface area contributed by atoms with Crippen molar-refractivity contribution in [2.75, 3.05) is 44.3 Å². The molecule has 26 nitrogen and oxygen atoms in total. The highest BCUT2D eigenvalue weighted by atomic mass is 32.2. The number of aliphatic hydroxyl groups is 2. The molecular formula is C24H42N9O17P3S. The number of carbonyl (C=O) groups excluding carboxylic acids is 3. The number of nitrogen functional groups attached to an aromatic ring is 1. The molecule has 0 aliphatic carbocycles. The van der Waals surface area contributed by atoms with E-state index in [1.165, 1.54) is 13.8 Å². The summed E-state index contributed by atoms with van der Waals surface area (Å²) in [5.74, 6) is -1.29. The van der Waals surface area contributed by atoms with E-state index in [9.17, 15) is 57.9 Å². The number of amides is 2. The van der Waals surface area contributed by atoms with Crippen molar-refractivity contribution < 1.29 is 80.5 Å². The second-order valence-corrected chi connectivity index (χ2v) is 17.4. The van der Waals surface area contributed by atoms with Gasteiger partial charge in [-0.15, -0.1) is 0 Å². The minimum absolute atomic E-state index is 0.0180. The molecule has 14 N–H and O–H groups in total. The number of fused-ring (bicyclic) bond motifs is 1. The second kappa shape index (κ2) is 19.1. The number of ether oxygens (including phenoxy) is 1. The Morgan fingerprint density at radius 3 is 2.39 bits per heavy atom. The van der Waals surface area contributed by atoms with Gasteiger partial charge in [-0.25, -0.2) is 28.6 Å². The highest BCUT2D eigenvalue weighted by Crippen LogP contribution is 2.61. The second-order valence-electron chi connectivity index (χ2n) is 12.1. The van der Waals surface area contributed by atoms with E-state index in [1.54, 1.807) is 0 Å². The molecule has 306 valence electrons. The van der Waals surface area contributed by atoms with Crippen LogP contribution in [0.25, 0.3) is 11.2 Å². The van der Waals surface area contributed by atoms with Crippen LogP contribution in [0.2, 0.25) is 0 Å². The number of aromatic nitrogens is 4. The number of thioether (sulfide) groups is 1. The topological polar surface area (TPSA) is 416 Å². The molecule has 1 aliphatic rings. The van der Waals surface area contributed by atoms with E-state index in [4.69, 9.17) is 31.0 Å². The Labute approximate surface area is 310 Å². The lowest BCUT2D eigenvalue weighted by molar-refractivity contribution is -0.137. The van der Waals surface area contributed by atoms with Crippen molar-refractivity contribution >= 4 is 69.1 Å². The van der Waals surface area contributed by atoms with Crippen LogP contribution in [-0.2, 0) is 50.7 Å². The van der Waals surface area contributed by atoms with Gasteiger partial charge in [-0.1, -0.05) is 25.6 Å². The molecule has 0 bridgehead atoms. The Bertz CT molecular complexity index is 1780. The van der Waals surface area contributed by atoms with Crippen LogP contribution in [-0.4, -0.2) is 135 Å². The van der Waals surface area contributed by atoms with E-state index in [0.29, 0.717) is 0 Å². The first kappa shape index (κ1) is 45.9. The lowest BCUT2D eigenvalue weighted by Crippen LogP contribution is -2.46. The van der Waals surface area contributed by atoms with Gasteiger partial charge >= 0.3 is 23.5 Å². The Balaban J connectivity index is 1.51. The first-order valence-electron chi connectivity index (χ1n) is 15.5. The largest absolute Gasteiger partial charge is 0.481 e. The minimum atomic E-state index is -5.57. The molecule has 2 amide bonds. The van der Waals surface area contributed by atoms with Crippen LogP contribution in [0.1, 0.15) is 26.5 Å².